The van der Waals surface area contributed by atoms with Gasteiger partial charge < -0.3 is 39.7 Å². The number of hydrogen-bond donors (Lipinski definition) is 5. The first kappa shape index (κ1) is 40.4. The van der Waals surface area contributed by atoms with E-state index in [2.05, 4.69) is 20.6 Å². The summed E-state index contributed by atoms with van der Waals surface area (Å²) in [7, 11) is 0. The lowest BCUT2D eigenvalue weighted by molar-refractivity contribution is -0.163. The van der Waals surface area contributed by atoms with E-state index >= 15 is 0 Å². The summed E-state index contributed by atoms with van der Waals surface area (Å²) in [4.78, 5) is 58.7. The van der Waals surface area contributed by atoms with E-state index in [9.17, 15) is 29.5 Å². The molecule has 276 valence electrons. The predicted octanol–water partition coefficient (Wildman–Crippen LogP) is 3.50. The number of aliphatic hydroxyl groups excluding tert-OH is 1. The summed E-state index contributed by atoms with van der Waals surface area (Å²) in [6, 6.07) is 12.5. The molecule has 1 aliphatic rings. The van der Waals surface area contributed by atoms with Gasteiger partial charge in [0.2, 0.25) is 11.5 Å². The Hall–Kier alpha value is -5.07. The number of nitriles is 1. The van der Waals surface area contributed by atoms with Gasteiger partial charge in [-0.2, -0.15) is 5.26 Å². The number of carbonyl (C=O) groups is 4. The molecule has 6 atom stereocenters. The fourth-order valence-electron chi connectivity index (χ4n) is 5.10. The minimum atomic E-state index is -2.20. The molecule has 51 heavy (non-hydrogen) atoms. The average Bonchev–Trinajstić information content (AvgIpc) is 3.65. The predicted molar refractivity (Wildman–Crippen MR) is 185 cm³/mol. The number of hydrogen-bond acceptors (Lipinski definition) is 11. The molecule has 0 bridgehead atoms. The number of aliphatic hydroxyl groups is 1. The van der Waals surface area contributed by atoms with E-state index < -0.39 is 66.1 Å². The molecule has 15 heteroatoms. The van der Waals surface area contributed by atoms with Crippen molar-refractivity contribution in [2.24, 2.45) is 22.7 Å². The normalized spacial score (nSPS) is 21.7. The second-order valence-corrected chi connectivity index (χ2v) is 14.0. The molecule has 0 saturated carbocycles. The van der Waals surface area contributed by atoms with Crippen LogP contribution in [0.1, 0.15) is 72.3 Å². The highest BCUT2D eigenvalue weighted by Gasteiger charge is 2.59. The number of carbonyl (C=O) groups excluding carboxylic acids is 4. The van der Waals surface area contributed by atoms with E-state index in [1.165, 1.54) is 12.1 Å². The zero-order valence-corrected chi connectivity index (χ0v) is 30.2. The largest absolute Gasteiger partial charge is 0.463 e. The first-order valence-electron chi connectivity index (χ1n) is 16.7. The Bertz CT molecular complexity index is 1630. The minimum absolute atomic E-state index is 0.00258. The van der Waals surface area contributed by atoms with Crippen LogP contribution in [0.2, 0.25) is 0 Å². The monoisotopic (exact) mass is 708 g/mol. The maximum absolute atomic E-state index is 13.6. The lowest BCUT2D eigenvalue weighted by Gasteiger charge is -2.28. The second kappa shape index (κ2) is 17.2. The van der Waals surface area contributed by atoms with Gasteiger partial charge >= 0.3 is 18.0 Å². The van der Waals surface area contributed by atoms with E-state index in [4.69, 9.17) is 24.4 Å². The highest BCUT2D eigenvalue weighted by Crippen LogP contribution is 2.41. The number of aromatic nitrogens is 1. The smallest absolute Gasteiger partial charge is 0.408 e. The lowest BCUT2D eigenvalue weighted by atomic mass is 9.92. The zero-order valence-electron chi connectivity index (χ0n) is 30.2. The second-order valence-electron chi connectivity index (χ2n) is 14.0. The highest BCUT2D eigenvalue weighted by atomic mass is 16.6. The summed E-state index contributed by atoms with van der Waals surface area (Å²) >= 11 is 0. The summed E-state index contributed by atoms with van der Waals surface area (Å²) in [5.74, 6) is -2.81. The van der Waals surface area contributed by atoms with Crippen LogP contribution < -0.4 is 10.6 Å². The van der Waals surface area contributed by atoms with Gasteiger partial charge in [0.15, 0.2) is 11.9 Å². The number of nitrogens with one attached hydrogen (secondary N) is 4. The van der Waals surface area contributed by atoms with Crippen LogP contribution in [-0.2, 0) is 45.4 Å². The molecule has 1 aliphatic heterocycles. The van der Waals surface area contributed by atoms with Gasteiger partial charge in [-0.1, -0.05) is 65.0 Å². The summed E-state index contributed by atoms with van der Waals surface area (Å²) in [5, 5.41) is 34.9. The fraction of sp³-hybridized carbons (Fsp3) is 0.528. The number of amides is 2. The minimum Gasteiger partial charge on any atom is -0.463 e. The van der Waals surface area contributed by atoms with Crippen LogP contribution in [-0.4, -0.2) is 82.8 Å². The number of ether oxygens (including phenoxy) is 4. The number of benzene rings is 1. The number of amidine groups is 1. The van der Waals surface area contributed by atoms with Crippen molar-refractivity contribution in [2.45, 2.75) is 97.4 Å². The van der Waals surface area contributed by atoms with Crippen molar-refractivity contribution in [3.05, 3.63) is 59.4 Å². The topological polar surface area (TPSA) is 225 Å². The van der Waals surface area contributed by atoms with Crippen molar-refractivity contribution < 1.29 is 43.2 Å². The van der Waals surface area contributed by atoms with Crippen molar-refractivity contribution in [1.29, 1.82) is 10.7 Å². The molecule has 0 spiro atoms. The molecule has 1 aromatic heterocycles. The van der Waals surface area contributed by atoms with E-state index in [1.807, 2.05) is 19.9 Å². The molecule has 3 rings (SSSR count). The first-order valence-corrected chi connectivity index (χ1v) is 16.7. The zero-order chi connectivity index (χ0) is 38.1. The highest BCUT2D eigenvalue weighted by molar-refractivity contribution is 6.09. The Morgan fingerprint density at radius 3 is 2.33 bits per heavy atom. The third-order valence-corrected chi connectivity index (χ3v) is 8.23. The van der Waals surface area contributed by atoms with E-state index in [1.54, 1.807) is 71.9 Å². The van der Waals surface area contributed by atoms with Crippen molar-refractivity contribution >= 4 is 36.1 Å². The van der Waals surface area contributed by atoms with Gasteiger partial charge in [0.1, 0.15) is 42.9 Å². The van der Waals surface area contributed by atoms with E-state index in [-0.39, 0.29) is 41.4 Å². The van der Waals surface area contributed by atoms with Gasteiger partial charge in [-0.25, -0.2) is 14.6 Å². The Labute approximate surface area is 297 Å². The maximum Gasteiger partial charge on any atom is 0.408 e. The summed E-state index contributed by atoms with van der Waals surface area (Å²) in [5.41, 5.74) is -2.16. The summed E-state index contributed by atoms with van der Waals surface area (Å²) in [6.45, 7) is 13.3. The van der Waals surface area contributed by atoms with Crippen LogP contribution in [0.3, 0.4) is 0 Å². The van der Waals surface area contributed by atoms with Gasteiger partial charge in [0, 0.05) is 5.92 Å². The van der Waals surface area contributed by atoms with Gasteiger partial charge in [0.05, 0.1) is 17.8 Å². The summed E-state index contributed by atoms with van der Waals surface area (Å²) < 4.78 is 22.7. The van der Waals surface area contributed by atoms with Gasteiger partial charge in [-0.3, -0.25) is 15.0 Å². The Morgan fingerprint density at radius 1 is 1.10 bits per heavy atom. The van der Waals surface area contributed by atoms with E-state index in [0.717, 1.165) is 6.34 Å². The number of alkyl carbamates (subject to hydrolysis) is 1. The standard InChI is InChI=1S/C36H48N6O9/c1-20(2)22(5)32(45)42-31(39-19-38)24-14-15-26(40-24)36(18-37)30(44)29(25(50-36)17-48-27(43)16-23-12-10-9-11-13-23)49-33(46)28(21(3)4)41-34(47)51-35(6,7)8/h9-15,19-22,25,28-30,40,44H,16-17H2,1-8H3,(H,41,47)(H2,38,39,42,45)/t22-,25+,28-,29+,30+,36-/m0/s1. The molecule has 15 nitrogen and oxygen atoms in total. The molecule has 2 amide bonds. The molecular formula is C36H48N6O9. The van der Waals surface area contributed by atoms with Crippen molar-refractivity contribution in [2.75, 3.05) is 6.61 Å². The van der Waals surface area contributed by atoms with Crippen LogP contribution >= 0.6 is 0 Å². The van der Waals surface area contributed by atoms with Crippen molar-refractivity contribution in [1.82, 2.24) is 15.6 Å². The molecule has 0 unspecified atom stereocenters. The first-order chi connectivity index (χ1) is 23.9. The summed E-state index contributed by atoms with van der Waals surface area (Å²) in [6.07, 6.45) is -4.94. The number of aliphatic imine (C=N–C) groups is 1. The van der Waals surface area contributed by atoms with Crippen LogP contribution in [0.5, 0.6) is 0 Å². The molecule has 0 aliphatic carbocycles. The number of rotatable bonds is 13. The van der Waals surface area contributed by atoms with Crippen LogP contribution in [0.15, 0.2) is 47.5 Å². The molecule has 1 fully saturated rings. The number of nitrogens with zero attached hydrogens (tertiary/aromatic N) is 2. The SMILES string of the molecule is CC(C)[C@H](C)C(=O)N/C(=N/C=N)c1ccc([C@]2(C#N)O[C@H](COC(=O)Cc3ccccc3)[C@@H](OC(=O)[C@@H](NC(=O)OC(C)(C)C)C(C)C)[C@H]2O)[nH]1. The van der Waals surface area contributed by atoms with Gasteiger partial charge in [-0.15, -0.1) is 0 Å². The molecule has 2 aromatic rings. The molecule has 1 saturated heterocycles. The third-order valence-electron chi connectivity index (χ3n) is 8.23. The Morgan fingerprint density at radius 2 is 1.76 bits per heavy atom. The number of esters is 2. The number of H-pyrrole nitrogens is 1. The van der Waals surface area contributed by atoms with E-state index in [0.29, 0.717) is 5.56 Å². The quantitative estimate of drug-likeness (QED) is 0.0881. The molecule has 0 radical (unpaired) electrons. The van der Waals surface area contributed by atoms with Crippen LogP contribution in [0.25, 0.3) is 0 Å². The molecule has 5 N–H and O–H groups in total. The molecule has 1 aromatic carbocycles. The molecular weight excluding hydrogens is 660 g/mol. The Kier molecular flexibility index (Phi) is 13.6. The lowest BCUT2D eigenvalue weighted by Crippen LogP contribution is -2.50. The van der Waals surface area contributed by atoms with Gasteiger partial charge in [-0.05, 0) is 50.3 Å². The van der Waals surface area contributed by atoms with Gasteiger partial charge in [0.25, 0.3) is 0 Å². The maximum atomic E-state index is 13.6. The molecule has 2 heterocycles. The van der Waals surface area contributed by atoms with Crippen LogP contribution in [0.4, 0.5) is 4.79 Å². The third kappa shape index (κ3) is 10.5. The van der Waals surface area contributed by atoms with Crippen molar-refractivity contribution in [3.8, 4) is 6.07 Å². The fourth-order valence-corrected chi connectivity index (χ4v) is 5.10. The van der Waals surface area contributed by atoms with Crippen molar-refractivity contribution in [3.63, 3.8) is 0 Å². The number of aromatic amines is 1. The Balaban J connectivity index is 1.95. The average molecular weight is 709 g/mol. The van der Waals surface area contributed by atoms with Crippen LogP contribution in [0, 0.1) is 34.5 Å².